The van der Waals surface area contributed by atoms with E-state index in [1.165, 1.54) is 0 Å². The highest BCUT2D eigenvalue weighted by molar-refractivity contribution is 6.07. The lowest BCUT2D eigenvalue weighted by Gasteiger charge is -2.29. The van der Waals surface area contributed by atoms with Gasteiger partial charge in [0, 0.05) is 19.0 Å². The first-order chi connectivity index (χ1) is 11.9. The van der Waals surface area contributed by atoms with E-state index in [0.29, 0.717) is 30.1 Å². The first-order valence-electron chi connectivity index (χ1n) is 8.30. The number of nitrogens with two attached hydrogens (primary N) is 1. The zero-order valence-corrected chi connectivity index (χ0v) is 17.3. The Morgan fingerprint density at radius 3 is 2.52 bits per heavy atom. The molecule has 0 aliphatic carbocycles. The molecule has 27 heavy (non-hydrogen) atoms. The number of aromatic nitrogens is 1. The third kappa shape index (κ3) is 5.01. The molecule has 1 aromatic carbocycles. The van der Waals surface area contributed by atoms with Crippen LogP contribution < -0.4 is 5.73 Å². The third-order valence-electron chi connectivity index (χ3n) is 4.28. The molecule has 146 valence electrons. The van der Waals surface area contributed by atoms with Gasteiger partial charge in [0.25, 0.3) is 5.91 Å². The number of para-hydroxylation sites is 1. The van der Waals surface area contributed by atoms with E-state index < -0.39 is 0 Å². The minimum atomic E-state index is -0.142. The third-order valence-corrected chi connectivity index (χ3v) is 4.28. The number of carbonyl (C=O) groups excluding carboxylic acids is 1. The minimum absolute atomic E-state index is 0. The van der Waals surface area contributed by atoms with Gasteiger partial charge >= 0.3 is 0 Å². The summed E-state index contributed by atoms with van der Waals surface area (Å²) < 4.78 is 5.46. The summed E-state index contributed by atoms with van der Waals surface area (Å²) in [6, 6.07) is 13.1. The Morgan fingerprint density at radius 1 is 1.19 bits per heavy atom. The largest absolute Gasteiger partial charge is 0.463 e. The highest BCUT2D eigenvalue weighted by Gasteiger charge is 2.24. The van der Waals surface area contributed by atoms with Crippen LogP contribution in [0.2, 0.25) is 0 Å². The molecule has 0 unspecified atom stereocenters. The zero-order chi connectivity index (χ0) is 18.0. The average Bonchev–Trinajstić information content (AvgIpc) is 3.14. The minimum Gasteiger partial charge on any atom is -0.463 e. The van der Waals surface area contributed by atoms with Crippen molar-refractivity contribution in [1.29, 1.82) is 0 Å². The Kier molecular flexibility index (Phi) is 7.84. The maximum Gasteiger partial charge on any atom is 0.254 e. The molecule has 0 fully saturated rings. The smallest absolute Gasteiger partial charge is 0.254 e. The first-order valence-corrected chi connectivity index (χ1v) is 8.30. The van der Waals surface area contributed by atoms with Gasteiger partial charge in [0.1, 0.15) is 5.69 Å². The van der Waals surface area contributed by atoms with Gasteiger partial charge in [0.15, 0.2) is 5.76 Å². The van der Waals surface area contributed by atoms with Gasteiger partial charge in [0.2, 0.25) is 0 Å². The fraction of sp³-hybridized carbons (Fsp3) is 0.300. The van der Waals surface area contributed by atoms with Crippen molar-refractivity contribution in [2.24, 2.45) is 11.1 Å². The van der Waals surface area contributed by atoms with E-state index in [9.17, 15) is 4.79 Å². The molecule has 3 rings (SSSR count). The van der Waals surface area contributed by atoms with E-state index in [2.05, 4.69) is 18.8 Å². The van der Waals surface area contributed by atoms with Crippen molar-refractivity contribution >= 4 is 41.6 Å². The monoisotopic (exact) mass is 409 g/mol. The number of amides is 1. The molecule has 0 saturated carbocycles. The van der Waals surface area contributed by atoms with Gasteiger partial charge in [-0.25, -0.2) is 4.98 Å². The number of carbonyl (C=O) groups is 1. The molecule has 2 N–H and O–H groups in total. The summed E-state index contributed by atoms with van der Waals surface area (Å²) in [6.45, 7) is 5.19. The Bertz CT molecular complexity index is 895. The summed E-state index contributed by atoms with van der Waals surface area (Å²) in [5.41, 5.74) is 7.71. The van der Waals surface area contributed by atoms with Gasteiger partial charge in [-0.05, 0) is 36.2 Å². The summed E-state index contributed by atoms with van der Waals surface area (Å²) in [5, 5.41) is 0.834. The van der Waals surface area contributed by atoms with Crippen molar-refractivity contribution in [3.05, 3.63) is 54.3 Å². The first kappa shape index (κ1) is 23.0. The normalized spacial score (nSPS) is 10.8. The molecule has 0 aliphatic heterocycles. The van der Waals surface area contributed by atoms with Crippen LogP contribution in [0.4, 0.5) is 0 Å². The lowest BCUT2D eigenvalue weighted by Crippen LogP contribution is -2.39. The summed E-state index contributed by atoms with van der Waals surface area (Å²) in [7, 11) is 1.81. The maximum absolute atomic E-state index is 13.1. The molecule has 0 radical (unpaired) electrons. The Morgan fingerprint density at radius 2 is 1.89 bits per heavy atom. The van der Waals surface area contributed by atoms with Gasteiger partial charge in [-0.3, -0.25) is 4.79 Å². The van der Waals surface area contributed by atoms with Crippen LogP contribution in [0.25, 0.3) is 22.4 Å². The number of halogens is 2. The molecule has 0 atom stereocenters. The van der Waals surface area contributed by atoms with Crippen molar-refractivity contribution < 1.29 is 9.21 Å². The van der Waals surface area contributed by atoms with Crippen LogP contribution in [-0.2, 0) is 0 Å². The highest BCUT2D eigenvalue weighted by atomic mass is 35.5. The van der Waals surface area contributed by atoms with Crippen LogP contribution in [0.1, 0.15) is 24.2 Å². The molecule has 1 amide bonds. The molecule has 0 saturated heterocycles. The number of fused-ring (bicyclic) bond motifs is 1. The molecular formula is C20H25Cl2N3O2. The van der Waals surface area contributed by atoms with Crippen LogP contribution in [0.15, 0.2) is 53.1 Å². The number of furan rings is 1. The second-order valence-corrected chi connectivity index (χ2v) is 7.08. The van der Waals surface area contributed by atoms with Gasteiger partial charge in [-0.15, -0.1) is 24.8 Å². The fourth-order valence-corrected chi connectivity index (χ4v) is 2.89. The quantitative estimate of drug-likeness (QED) is 0.677. The standard InChI is InChI=1S/C20H23N3O2.2ClH/c1-20(2,12-21)13-23(3)19(24)15-11-17(18-9-6-10-25-18)22-16-8-5-4-7-14(15)16;;/h4-11H,12-13,21H2,1-3H3;2*1H. The SMILES string of the molecule is CN(CC(C)(C)CN)C(=O)c1cc(-c2ccco2)nc2ccccc12.Cl.Cl. The molecule has 7 heteroatoms. The Labute approximate surface area is 171 Å². The average molecular weight is 410 g/mol. The number of pyridine rings is 1. The van der Waals surface area contributed by atoms with Crippen LogP contribution in [0.3, 0.4) is 0 Å². The number of hydrogen-bond donors (Lipinski definition) is 1. The van der Waals surface area contributed by atoms with Crippen molar-refractivity contribution in [1.82, 2.24) is 9.88 Å². The second-order valence-electron chi connectivity index (χ2n) is 7.08. The van der Waals surface area contributed by atoms with Gasteiger partial charge in [-0.2, -0.15) is 0 Å². The van der Waals surface area contributed by atoms with E-state index in [-0.39, 0.29) is 36.1 Å². The predicted octanol–water partition coefficient (Wildman–Crippen LogP) is 4.40. The molecular weight excluding hydrogens is 385 g/mol. The second kappa shape index (κ2) is 9.22. The summed E-state index contributed by atoms with van der Waals surface area (Å²) in [4.78, 5) is 19.4. The van der Waals surface area contributed by atoms with Gasteiger partial charge in [-0.1, -0.05) is 32.0 Å². The van der Waals surface area contributed by atoms with Gasteiger partial charge < -0.3 is 15.1 Å². The molecule has 0 spiro atoms. The van der Waals surface area contributed by atoms with Crippen molar-refractivity contribution in [2.45, 2.75) is 13.8 Å². The van der Waals surface area contributed by atoms with E-state index in [1.807, 2.05) is 43.4 Å². The predicted molar refractivity (Wildman–Crippen MR) is 114 cm³/mol. The number of hydrogen-bond acceptors (Lipinski definition) is 4. The zero-order valence-electron chi connectivity index (χ0n) is 15.6. The van der Waals surface area contributed by atoms with Crippen molar-refractivity contribution in [2.75, 3.05) is 20.1 Å². The lowest BCUT2D eigenvalue weighted by molar-refractivity contribution is 0.0742. The van der Waals surface area contributed by atoms with Crippen LogP contribution in [-0.4, -0.2) is 35.9 Å². The fourth-order valence-electron chi connectivity index (χ4n) is 2.89. The number of rotatable bonds is 5. The summed E-state index contributed by atoms with van der Waals surface area (Å²) in [5.74, 6) is 0.595. The van der Waals surface area contributed by atoms with Crippen LogP contribution >= 0.6 is 24.8 Å². The van der Waals surface area contributed by atoms with E-state index in [0.717, 1.165) is 10.9 Å². The van der Waals surface area contributed by atoms with E-state index in [4.69, 9.17) is 10.2 Å². The molecule has 2 heterocycles. The van der Waals surface area contributed by atoms with E-state index in [1.54, 1.807) is 17.2 Å². The van der Waals surface area contributed by atoms with Gasteiger partial charge in [0.05, 0.1) is 17.3 Å². The van der Waals surface area contributed by atoms with Crippen molar-refractivity contribution in [3.8, 4) is 11.5 Å². The molecule has 3 aromatic rings. The van der Waals surface area contributed by atoms with E-state index >= 15 is 0 Å². The van der Waals surface area contributed by atoms with Crippen molar-refractivity contribution in [3.63, 3.8) is 0 Å². The molecule has 0 aliphatic rings. The lowest BCUT2D eigenvalue weighted by atomic mass is 9.93. The highest BCUT2D eigenvalue weighted by Crippen LogP contribution is 2.26. The topological polar surface area (TPSA) is 72.4 Å². The number of benzene rings is 1. The maximum atomic E-state index is 13.1. The van der Waals surface area contributed by atoms with Crippen LogP contribution in [0.5, 0.6) is 0 Å². The molecule has 5 nitrogen and oxygen atoms in total. The Hall–Kier alpha value is -2.08. The number of nitrogens with zero attached hydrogens (tertiary/aromatic N) is 2. The summed E-state index contributed by atoms with van der Waals surface area (Å²) >= 11 is 0. The molecule has 2 aromatic heterocycles. The van der Waals surface area contributed by atoms with Crippen LogP contribution in [0, 0.1) is 5.41 Å². The molecule has 0 bridgehead atoms. The Balaban J connectivity index is 0.00000182. The summed E-state index contributed by atoms with van der Waals surface area (Å²) in [6.07, 6.45) is 1.60.